The van der Waals surface area contributed by atoms with Crippen LogP contribution >= 0.6 is 0 Å². The lowest BCUT2D eigenvalue weighted by molar-refractivity contribution is 0.103. The molecule has 92 valence electrons. The minimum absolute atomic E-state index is 0.0145. The van der Waals surface area contributed by atoms with E-state index in [4.69, 9.17) is 4.74 Å². The largest absolute Gasteiger partial charge is 0.497 e. The number of hydrogen-bond acceptors (Lipinski definition) is 3. The van der Waals surface area contributed by atoms with Crippen molar-refractivity contribution in [3.8, 4) is 5.75 Å². The van der Waals surface area contributed by atoms with E-state index in [1.165, 1.54) is 0 Å². The molecule has 0 aliphatic rings. The van der Waals surface area contributed by atoms with Gasteiger partial charge in [0.2, 0.25) is 0 Å². The molecule has 0 aliphatic carbocycles. The fourth-order valence-electron chi connectivity index (χ4n) is 1.86. The van der Waals surface area contributed by atoms with Crippen molar-refractivity contribution in [3.05, 3.63) is 58.9 Å². The number of aryl methyl sites for hydroxylation is 2. The highest BCUT2D eigenvalue weighted by atomic mass is 16.5. The average Bonchev–Trinajstić information content (AvgIpc) is 2.37. The lowest BCUT2D eigenvalue weighted by Crippen LogP contribution is -2.04. The number of carbonyl (C=O) groups is 1. The number of nitrogens with zero attached hydrogens (tertiary/aromatic N) is 1. The number of hydrogen-bond donors (Lipinski definition) is 0. The van der Waals surface area contributed by atoms with E-state index in [1.807, 2.05) is 19.9 Å². The zero-order chi connectivity index (χ0) is 13.1. The second kappa shape index (κ2) is 5.00. The molecule has 0 atom stereocenters. The van der Waals surface area contributed by atoms with Crippen molar-refractivity contribution in [3.63, 3.8) is 0 Å². The first kappa shape index (κ1) is 12.3. The van der Waals surface area contributed by atoms with E-state index in [0.29, 0.717) is 11.1 Å². The van der Waals surface area contributed by atoms with Gasteiger partial charge in [0.1, 0.15) is 5.75 Å². The fraction of sp³-hybridized carbons (Fsp3) is 0.200. The molecule has 0 N–H and O–H groups in total. The first-order valence-corrected chi connectivity index (χ1v) is 5.74. The zero-order valence-corrected chi connectivity index (χ0v) is 10.7. The van der Waals surface area contributed by atoms with Gasteiger partial charge in [-0.2, -0.15) is 0 Å². The van der Waals surface area contributed by atoms with E-state index >= 15 is 0 Å². The molecule has 0 spiro atoms. The summed E-state index contributed by atoms with van der Waals surface area (Å²) in [5.74, 6) is 0.774. The van der Waals surface area contributed by atoms with Crippen LogP contribution in [0.25, 0.3) is 0 Å². The van der Waals surface area contributed by atoms with E-state index < -0.39 is 0 Å². The molecule has 0 bridgehead atoms. The number of aromatic nitrogens is 1. The summed E-state index contributed by atoms with van der Waals surface area (Å²) in [6.07, 6.45) is 1.65. The lowest BCUT2D eigenvalue weighted by Gasteiger charge is -2.07. The van der Waals surface area contributed by atoms with Crippen LogP contribution in [0.2, 0.25) is 0 Å². The van der Waals surface area contributed by atoms with Gasteiger partial charge in [-0.3, -0.25) is 9.78 Å². The molecule has 3 nitrogen and oxygen atoms in total. The minimum Gasteiger partial charge on any atom is -0.497 e. The lowest BCUT2D eigenvalue weighted by atomic mass is 9.99. The van der Waals surface area contributed by atoms with Gasteiger partial charge < -0.3 is 4.74 Å². The molecule has 1 aromatic carbocycles. The third kappa shape index (κ3) is 2.40. The molecule has 0 radical (unpaired) electrons. The SMILES string of the molecule is COc1ccc(C(=O)c2ccnc(C)c2)c(C)c1. The van der Waals surface area contributed by atoms with Crippen LogP contribution in [-0.2, 0) is 0 Å². The van der Waals surface area contributed by atoms with Gasteiger partial charge in [-0.25, -0.2) is 0 Å². The summed E-state index contributed by atoms with van der Waals surface area (Å²) in [5.41, 5.74) is 3.11. The first-order valence-electron chi connectivity index (χ1n) is 5.74. The van der Waals surface area contributed by atoms with Crippen LogP contribution in [0.3, 0.4) is 0 Å². The molecule has 0 aliphatic heterocycles. The monoisotopic (exact) mass is 241 g/mol. The minimum atomic E-state index is 0.0145. The summed E-state index contributed by atoms with van der Waals surface area (Å²) in [6, 6.07) is 8.99. The van der Waals surface area contributed by atoms with E-state index in [9.17, 15) is 4.79 Å². The molecule has 0 saturated carbocycles. The Morgan fingerprint density at radius 3 is 2.56 bits per heavy atom. The third-order valence-corrected chi connectivity index (χ3v) is 2.84. The number of rotatable bonds is 3. The van der Waals surface area contributed by atoms with Crippen molar-refractivity contribution < 1.29 is 9.53 Å². The van der Waals surface area contributed by atoms with Crippen molar-refractivity contribution in [1.82, 2.24) is 4.98 Å². The Morgan fingerprint density at radius 2 is 1.94 bits per heavy atom. The van der Waals surface area contributed by atoms with Gasteiger partial charge in [0.05, 0.1) is 7.11 Å². The summed E-state index contributed by atoms with van der Waals surface area (Å²) in [7, 11) is 1.61. The zero-order valence-electron chi connectivity index (χ0n) is 10.7. The molecule has 0 unspecified atom stereocenters. The van der Waals surface area contributed by atoms with E-state index in [0.717, 1.165) is 17.0 Å². The molecule has 0 amide bonds. The highest BCUT2D eigenvalue weighted by molar-refractivity contribution is 6.09. The van der Waals surface area contributed by atoms with Crippen LogP contribution in [0.15, 0.2) is 36.5 Å². The predicted octanol–water partition coefficient (Wildman–Crippen LogP) is 2.94. The molecule has 1 aromatic heterocycles. The highest BCUT2D eigenvalue weighted by Crippen LogP contribution is 2.19. The number of ether oxygens (including phenoxy) is 1. The van der Waals surface area contributed by atoms with Crippen molar-refractivity contribution in [2.24, 2.45) is 0 Å². The fourth-order valence-corrected chi connectivity index (χ4v) is 1.86. The number of carbonyl (C=O) groups excluding carboxylic acids is 1. The van der Waals surface area contributed by atoms with Crippen molar-refractivity contribution in [2.75, 3.05) is 7.11 Å². The van der Waals surface area contributed by atoms with Gasteiger partial charge in [0.15, 0.2) is 5.78 Å². The maximum Gasteiger partial charge on any atom is 0.193 e. The standard InChI is InChI=1S/C15H15NO2/c1-10-8-13(18-3)4-5-14(10)15(17)12-6-7-16-11(2)9-12/h4-9H,1-3H3. The van der Waals surface area contributed by atoms with Crippen LogP contribution in [0.1, 0.15) is 27.2 Å². The van der Waals surface area contributed by atoms with Gasteiger partial charge in [-0.1, -0.05) is 0 Å². The number of pyridine rings is 1. The highest BCUT2D eigenvalue weighted by Gasteiger charge is 2.12. The Balaban J connectivity index is 2.40. The van der Waals surface area contributed by atoms with Crippen molar-refractivity contribution >= 4 is 5.78 Å². The van der Waals surface area contributed by atoms with Gasteiger partial charge in [0.25, 0.3) is 0 Å². The van der Waals surface area contributed by atoms with Crippen LogP contribution in [0, 0.1) is 13.8 Å². The van der Waals surface area contributed by atoms with E-state index in [-0.39, 0.29) is 5.78 Å². The first-order chi connectivity index (χ1) is 8.61. The van der Waals surface area contributed by atoms with Crippen molar-refractivity contribution in [2.45, 2.75) is 13.8 Å². The second-order valence-corrected chi connectivity index (χ2v) is 4.20. The van der Waals surface area contributed by atoms with Gasteiger partial charge in [-0.05, 0) is 49.7 Å². The Bertz CT molecular complexity index is 591. The van der Waals surface area contributed by atoms with E-state index in [1.54, 1.807) is 37.6 Å². The average molecular weight is 241 g/mol. The summed E-state index contributed by atoms with van der Waals surface area (Å²) >= 11 is 0. The van der Waals surface area contributed by atoms with Crippen LogP contribution in [0.4, 0.5) is 0 Å². The molecule has 3 heteroatoms. The number of ketones is 1. The van der Waals surface area contributed by atoms with Gasteiger partial charge in [0, 0.05) is 23.0 Å². The van der Waals surface area contributed by atoms with Crippen LogP contribution in [-0.4, -0.2) is 17.9 Å². The summed E-state index contributed by atoms with van der Waals surface area (Å²) in [5, 5.41) is 0. The molecule has 2 rings (SSSR count). The van der Waals surface area contributed by atoms with E-state index in [2.05, 4.69) is 4.98 Å². The molecule has 0 saturated heterocycles. The summed E-state index contributed by atoms with van der Waals surface area (Å²) < 4.78 is 5.13. The molecule has 2 aromatic rings. The maximum absolute atomic E-state index is 12.4. The topological polar surface area (TPSA) is 39.2 Å². The van der Waals surface area contributed by atoms with Gasteiger partial charge in [-0.15, -0.1) is 0 Å². The molecule has 1 heterocycles. The normalized spacial score (nSPS) is 10.2. The smallest absolute Gasteiger partial charge is 0.193 e. The molecule has 18 heavy (non-hydrogen) atoms. The predicted molar refractivity (Wildman–Crippen MR) is 70.1 cm³/mol. The second-order valence-electron chi connectivity index (χ2n) is 4.20. The Labute approximate surface area is 106 Å². The Morgan fingerprint density at radius 1 is 1.17 bits per heavy atom. The summed E-state index contributed by atoms with van der Waals surface area (Å²) in [4.78, 5) is 16.4. The molecular formula is C15H15NO2. The Kier molecular flexibility index (Phi) is 3.42. The van der Waals surface area contributed by atoms with Crippen LogP contribution < -0.4 is 4.74 Å². The number of benzene rings is 1. The molecular weight excluding hydrogens is 226 g/mol. The quantitative estimate of drug-likeness (QED) is 0.775. The molecule has 0 fully saturated rings. The number of methoxy groups -OCH3 is 1. The third-order valence-electron chi connectivity index (χ3n) is 2.84. The van der Waals surface area contributed by atoms with Gasteiger partial charge >= 0.3 is 0 Å². The van der Waals surface area contributed by atoms with Crippen molar-refractivity contribution in [1.29, 1.82) is 0 Å². The Hall–Kier alpha value is -2.16. The maximum atomic E-state index is 12.4. The van der Waals surface area contributed by atoms with Crippen LogP contribution in [0.5, 0.6) is 5.75 Å². The summed E-state index contributed by atoms with van der Waals surface area (Å²) in [6.45, 7) is 3.78.